The number of ether oxygens (including phenoxy) is 3. The first-order valence-corrected chi connectivity index (χ1v) is 11.0. The Labute approximate surface area is 182 Å². The molecule has 0 amide bonds. The number of guanidine groups is 1. The summed E-state index contributed by atoms with van der Waals surface area (Å²) in [6, 6.07) is 6.75. The normalized spacial score (nSPS) is 16.5. The Morgan fingerprint density at radius 3 is 2.63 bits per heavy atom. The average molecular weight is 421 g/mol. The zero-order valence-electron chi connectivity index (χ0n) is 19.4. The Balaban J connectivity index is 1.92. The second kappa shape index (κ2) is 13.5. The van der Waals surface area contributed by atoms with Gasteiger partial charge in [0, 0.05) is 51.9 Å². The van der Waals surface area contributed by atoms with Crippen LogP contribution in [0.15, 0.2) is 23.2 Å². The Morgan fingerprint density at radius 2 is 1.97 bits per heavy atom. The van der Waals surface area contributed by atoms with Crippen LogP contribution in [0, 0.1) is 12.8 Å². The number of methoxy groups -OCH3 is 1. The Bertz CT molecular complexity index is 645. The van der Waals surface area contributed by atoms with E-state index in [-0.39, 0.29) is 0 Å². The number of nitrogens with zero attached hydrogens (tertiary/aromatic N) is 2. The highest BCUT2D eigenvalue weighted by Gasteiger charge is 2.22. The second-order valence-corrected chi connectivity index (χ2v) is 8.19. The molecule has 7 heteroatoms. The van der Waals surface area contributed by atoms with Crippen LogP contribution < -0.4 is 15.4 Å². The van der Waals surface area contributed by atoms with Crippen LogP contribution in [-0.4, -0.2) is 77.1 Å². The van der Waals surface area contributed by atoms with Gasteiger partial charge in [-0.3, -0.25) is 9.89 Å². The summed E-state index contributed by atoms with van der Waals surface area (Å²) in [5.41, 5.74) is 2.28. The molecule has 0 spiro atoms. The number of morpholine rings is 1. The Hall–Kier alpha value is -1.83. The SMILES string of the molecule is CN=C(NCc1ccc(C)cc1OCCOC)NCC(CC(C)C)N1CCOCC1. The summed E-state index contributed by atoms with van der Waals surface area (Å²) in [5.74, 6) is 2.34. The lowest BCUT2D eigenvalue weighted by Gasteiger charge is -2.35. The number of aryl methyl sites for hydroxylation is 1. The first kappa shape index (κ1) is 24.4. The molecule has 0 aliphatic carbocycles. The molecule has 30 heavy (non-hydrogen) atoms. The molecule has 1 aliphatic rings. The minimum Gasteiger partial charge on any atom is -0.491 e. The summed E-state index contributed by atoms with van der Waals surface area (Å²) in [5, 5.41) is 6.95. The van der Waals surface area contributed by atoms with Crippen molar-refractivity contribution >= 4 is 5.96 Å². The second-order valence-electron chi connectivity index (χ2n) is 8.19. The standard InChI is InChI=1S/C23H40N4O3/c1-18(2)14-21(27-8-10-29-11-9-27)17-26-23(24-4)25-16-20-7-6-19(3)15-22(20)30-13-12-28-5/h6-7,15,18,21H,8-14,16-17H2,1-5H3,(H2,24,25,26). The number of rotatable bonds is 11. The molecule has 1 saturated heterocycles. The number of benzene rings is 1. The number of aliphatic imine (C=N–C) groups is 1. The van der Waals surface area contributed by atoms with Crippen LogP contribution in [0.5, 0.6) is 5.75 Å². The van der Waals surface area contributed by atoms with Crippen LogP contribution in [0.2, 0.25) is 0 Å². The van der Waals surface area contributed by atoms with Gasteiger partial charge in [0.05, 0.1) is 19.8 Å². The molecular formula is C23H40N4O3. The van der Waals surface area contributed by atoms with Gasteiger partial charge < -0.3 is 24.8 Å². The molecule has 0 radical (unpaired) electrons. The van der Waals surface area contributed by atoms with Gasteiger partial charge in [-0.2, -0.15) is 0 Å². The lowest BCUT2D eigenvalue weighted by molar-refractivity contribution is 0.0132. The van der Waals surface area contributed by atoms with Crippen molar-refractivity contribution in [1.29, 1.82) is 0 Å². The van der Waals surface area contributed by atoms with E-state index in [1.807, 2.05) is 7.05 Å². The molecule has 7 nitrogen and oxygen atoms in total. The van der Waals surface area contributed by atoms with Crippen LogP contribution in [0.25, 0.3) is 0 Å². The fourth-order valence-corrected chi connectivity index (χ4v) is 3.64. The summed E-state index contributed by atoms with van der Waals surface area (Å²) in [7, 11) is 3.49. The summed E-state index contributed by atoms with van der Waals surface area (Å²) in [4.78, 5) is 6.95. The first-order chi connectivity index (χ1) is 14.5. The highest BCUT2D eigenvalue weighted by atomic mass is 16.5. The van der Waals surface area contributed by atoms with Crippen LogP contribution in [-0.2, 0) is 16.0 Å². The molecule has 2 rings (SSSR count). The van der Waals surface area contributed by atoms with Crippen molar-refractivity contribution < 1.29 is 14.2 Å². The van der Waals surface area contributed by atoms with Crippen molar-refractivity contribution in [3.63, 3.8) is 0 Å². The van der Waals surface area contributed by atoms with E-state index in [0.717, 1.165) is 56.5 Å². The molecule has 1 aromatic carbocycles. The summed E-state index contributed by atoms with van der Waals surface area (Å²) in [6.45, 7) is 12.9. The molecule has 0 saturated carbocycles. The minimum absolute atomic E-state index is 0.472. The maximum Gasteiger partial charge on any atom is 0.191 e. The van der Waals surface area contributed by atoms with Crippen LogP contribution in [0.4, 0.5) is 0 Å². The number of nitrogens with one attached hydrogen (secondary N) is 2. The highest BCUT2D eigenvalue weighted by molar-refractivity contribution is 5.79. The predicted molar refractivity (Wildman–Crippen MR) is 122 cm³/mol. The van der Waals surface area contributed by atoms with Crippen molar-refractivity contribution in [1.82, 2.24) is 15.5 Å². The first-order valence-electron chi connectivity index (χ1n) is 11.0. The smallest absolute Gasteiger partial charge is 0.191 e. The van der Waals surface area contributed by atoms with Crippen molar-refractivity contribution in [3.05, 3.63) is 29.3 Å². The summed E-state index contributed by atoms with van der Waals surface area (Å²) >= 11 is 0. The maximum atomic E-state index is 5.90. The molecule has 1 aliphatic heterocycles. The molecule has 0 aromatic heterocycles. The molecule has 170 valence electrons. The molecule has 1 heterocycles. The molecular weight excluding hydrogens is 380 g/mol. The summed E-state index contributed by atoms with van der Waals surface area (Å²) < 4.78 is 16.5. The van der Waals surface area contributed by atoms with E-state index in [1.54, 1.807) is 7.11 Å². The van der Waals surface area contributed by atoms with E-state index in [1.165, 1.54) is 5.56 Å². The van der Waals surface area contributed by atoms with Gasteiger partial charge in [0.25, 0.3) is 0 Å². The fraction of sp³-hybridized carbons (Fsp3) is 0.696. The van der Waals surface area contributed by atoms with E-state index in [4.69, 9.17) is 14.2 Å². The molecule has 0 bridgehead atoms. The largest absolute Gasteiger partial charge is 0.491 e. The topological polar surface area (TPSA) is 67.4 Å². The lowest BCUT2D eigenvalue weighted by atomic mass is 10.0. The van der Waals surface area contributed by atoms with Crippen LogP contribution >= 0.6 is 0 Å². The van der Waals surface area contributed by atoms with Gasteiger partial charge in [-0.1, -0.05) is 26.0 Å². The number of hydrogen-bond donors (Lipinski definition) is 2. The average Bonchev–Trinajstić information content (AvgIpc) is 2.74. The van der Waals surface area contributed by atoms with Crippen molar-refractivity contribution in [2.75, 3.05) is 60.2 Å². The van der Waals surface area contributed by atoms with Gasteiger partial charge in [0.2, 0.25) is 0 Å². The summed E-state index contributed by atoms with van der Waals surface area (Å²) in [6.07, 6.45) is 1.15. The van der Waals surface area contributed by atoms with E-state index in [2.05, 4.69) is 59.5 Å². The van der Waals surface area contributed by atoms with Crippen LogP contribution in [0.3, 0.4) is 0 Å². The quantitative estimate of drug-likeness (QED) is 0.326. The number of hydrogen-bond acceptors (Lipinski definition) is 5. The van der Waals surface area contributed by atoms with Gasteiger partial charge in [0.1, 0.15) is 12.4 Å². The molecule has 2 N–H and O–H groups in total. The van der Waals surface area contributed by atoms with Gasteiger partial charge in [0.15, 0.2) is 5.96 Å². The molecule has 1 atom stereocenters. The van der Waals surface area contributed by atoms with E-state index < -0.39 is 0 Å². The van der Waals surface area contributed by atoms with E-state index in [9.17, 15) is 0 Å². The minimum atomic E-state index is 0.472. The third-order valence-electron chi connectivity index (χ3n) is 5.25. The Kier molecular flexibility index (Phi) is 11.0. The predicted octanol–water partition coefficient (Wildman–Crippen LogP) is 2.43. The molecule has 1 unspecified atom stereocenters. The fourth-order valence-electron chi connectivity index (χ4n) is 3.64. The van der Waals surface area contributed by atoms with Gasteiger partial charge >= 0.3 is 0 Å². The highest BCUT2D eigenvalue weighted by Crippen LogP contribution is 2.20. The third kappa shape index (κ3) is 8.50. The van der Waals surface area contributed by atoms with E-state index >= 15 is 0 Å². The maximum absolute atomic E-state index is 5.90. The molecule has 1 fully saturated rings. The van der Waals surface area contributed by atoms with Gasteiger partial charge in [-0.25, -0.2) is 0 Å². The third-order valence-corrected chi connectivity index (χ3v) is 5.25. The van der Waals surface area contributed by atoms with Gasteiger partial charge in [-0.05, 0) is 30.9 Å². The van der Waals surface area contributed by atoms with Crippen molar-refractivity contribution in [3.8, 4) is 5.75 Å². The zero-order valence-corrected chi connectivity index (χ0v) is 19.4. The van der Waals surface area contributed by atoms with Crippen molar-refractivity contribution in [2.45, 2.75) is 39.8 Å². The Morgan fingerprint density at radius 1 is 1.20 bits per heavy atom. The van der Waals surface area contributed by atoms with Crippen molar-refractivity contribution in [2.24, 2.45) is 10.9 Å². The van der Waals surface area contributed by atoms with Gasteiger partial charge in [-0.15, -0.1) is 0 Å². The monoisotopic (exact) mass is 420 g/mol. The zero-order chi connectivity index (χ0) is 21.8. The molecule has 1 aromatic rings. The lowest BCUT2D eigenvalue weighted by Crippen LogP contribution is -2.51. The van der Waals surface area contributed by atoms with Crippen LogP contribution in [0.1, 0.15) is 31.4 Å². The van der Waals surface area contributed by atoms with E-state index in [0.29, 0.717) is 31.7 Å².